The molecule has 108 valence electrons. The summed E-state index contributed by atoms with van der Waals surface area (Å²) in [6, 6.07) is 3.76. The smallest absolute Gasteiger partial charge is 0.292 e. The highest BCUT2D eigenvalue weighted by atomic mass is 16.6. The van der Waals surface area contributed by atoms with Crippen LogP contribution >= 0.6 is 0 Å². The molecule has 0 aliphatic rings. The zero-order valence-electron chi connectivity index (χ0n) is 10.5. The molecule has 0 spiro atoms. The molecule has 20 heavy (non-hydrogen) atoms. The number of anilines is 1. The molecule has 1 aromatic rings. The first kappa shape index (κ1) is 15.4. The van der Waals surface area contributed by atoms with Crippen LogP contribution in [-0.4, -0.2) is 36.5 Å². The number of carbonyl (C=O) groups is 2. The van der Waals surface area contributed by atoms with Gasteiger partial charge in [0.05, 0.1) is 11.5 Å². The largest absolute Gasteiger partial charge is 0.393 e. The number of hydrogen-bond donors (Lipinski definition) is 3. The third-order valence-corrected chi connectivity index (χ3v) is 2.27. The molecule has 5 N–H and O–H groups in total. The molecule has 0 fully saturated rings. The molecule has 0 unspecified atom stereocenters. The lowest BCUT2D eigenvalue weighted by Gasteiger charge is -2.06. The second-order valence-electron chi connectivity index (χ2n) is 3.81. The Hall–Kier alpha value is -2.68. The maximum Gasteiger partial charge on any atom is 0.292 e. The summed E-state index contributed by atoms with van der Waals surface area (Å²) in [5.74, 6) is -1.11. The van der Waals surface area contributed by atoms with Gasteiger partial charge >= 0.3 is 0 Å². The van der Waals surface area contributed by atoms with Gasteiger partial charge in [0.25, 0.3) is 11.6 Å². The van der Waals surface area contributed by atoms with Gasteiger partial charge in [0.2, 0.25) is 5.91 Å². The average Bonchev–Trinajstić information content (AvgIpc) is 2.37. The summed E-state index contributed by atoms with van der Waals surface area (Å²) in [6.07, 6.45) is 0. The number of nitro benzene ring substituents is 1. The number of carbonyl (C=O) groups excluding carboxylic acids is 2. The molecular weight excluding hydrogens is 268 g/mol. The van der Waals surface area contributed by atoms with Crippen molar-refractivity contribution in [2.75, 3.05) is 25.5 Å². The van der Waals surface area contributed by atoms with Crippen molar-refractivity contribution in [1.29, 1.82) is 0 Å². The third-order valence-electron chi connectivity index (χ3n) is 2.27. The molecule has 0 aliphatic heterocycles. The van der Waals surface area contributed by atoms with Crippen LogP contribution in [-0.2, 0) is 9.53 Å². The highest BCUT2D eigenvalue weighted by Gasteiger charge is 2.15. The fourth-order valence-electron chi connectivity index (χ4n) is 1.35. The predicted molar refractivity (Wildman–Crippen MR) is 69.9 cm³/mol. The van der Waals surface area contributed by atoms with Crippen LogP contribution in [0.3, 0.4) is 0 Å². The maximum atomic E-state index is 11.7. The minimum Gasteiger partial charge on any atom is -0.393 e. The lowest BCUT2D eigenvalue weighted by Crippen LogP contribution is -2.28. The monoisotopic (exact) mass is 282 g/mol. The van der Waals surface area contributed by atoms with Gasteiger partial charge in [-0.1, -0.05) is 0 Å². The summed E-state index contributed by atoms with van der Waals surface area (Å²) in [6.45, 7) is 0.0131. The Bertz CT molecular complexity index is 532. The van der Waals surface area contributed by atoms with E-state index in [0.29, 0.717) is 0 Å². The van der Waals surface area contributed by atoms with Crippen molar-refractivity contribution < 1.29 is 19.2 Å². The highest BCUT2D eigenvalue weighted by molar-refractivity contribution is 5.95. The zero-order valence-corrected chi connectivity index (χ0v) is 10.5. The molecule has 0 saturated heterocycles. The number of nitrogens with one attached hydrogen (secondary N) is 1. The molecule has 9 nitrogen and oxygen atoms in total. The average molecular weight is 282 g/mol. The Balaban J connectivity index is 2.53. The van der Waals surface area contributed by atoms with E-state index in [4.69, 9.17) is 16.2 Å². The van der Waals surface area contributed by atoms with Crippen LogP contribution in [0.2, 0.25) is 0 Å². The summed E-state index contributed by atoms with van der Waals surface area (Å²) in [7, 11) is 0. The number of nitrogen functional groups attached to an aromatic ring is 1. The molecule has 9 heteroatoms. The van der Waals surface area contributed by atoms with E-state index < -0.39 is 16.7 Å². The molecular formula is C11H14N4O5. The third kappa shape index (κ3) is 4.53. The van der Waals surface area contributed by atoms with Gasteiger partial charge in [0.15, 0.2) is 0 Å². The van der Waals surface area contributed by atoms with E-state index in [-0.39, 0.29) is 36.7 Å². The molecule has 1 aromatic carbocycles. The molecule has 0 bridgehead atoms. The number of ether oxygens (including phenoxy) is 1. The summed E-state index contributed by atoms with van der Waals surface area (Å²) >= 11 is 0. The van der Waals surface area contributed by atoms with Crippen LogP contribution in [0.1, 0.15) is 10.4 Å². The quantitative estimate of drug-likeness (QED) is 0.263. The Morgan fingerprint density at radius 2 is 2.10 bits per heavy atom. The maximum absolute atomic E-state index is 11.7. The van der Waals surface area contributed by atoms with Gasteiger partial charge in [0, 0.05) is 18.2 Å². The Morgan fingerprint density at radius 3 is 2.70 bits per heavy atom. The molecule has 1 rings (SSSR count). The van der Waals surface area contributed by atoms with Gasteiger partial charge in [-0.3, -0.25) is 19.7 Å². The fraction of sp³-hybridized carbons (Fsp3) is 0.273. The lowest BCUT2D eigenvalue weighted by atomic mass is 10.1. The van der Waals surface area contributed by atoms with Crippen LogP contribution < -0.4 is 16.8 Å². The molecule has 0 aromatic heterocycles. The Labute approximate surface area is 114 Å². The molecule has 2 amide bonds. The van der Waals surface area contributed by atoms with Crippen LogP contribution in [0.5, 0.6) is 0 Å². The molecule has 0 aliphatic carbocycles. The van der Waals surface area contributed by atoms with Gasteiger partial charge in [0.1, 0.15) is 12.3 Å². The van der Waals surface area contributed by atoms with Crippen LogP contribution in [0.15, 0.2) is 18.2 Å². The zero-order chi connectivity index (χ0) is 15.1. The van der Waals surface area contributed by atoms with Crippen molar-refractivity contribution in [3.05, 3.63) is 33.9 Å². The second kappa shape index (κ2) is 7.04. The number of amides is 2. The van der Waals surface area contributed by atoms with Gasteiger partial charge in [-0.25, -0.2) is 0 Å². The number of hydrogen-bond acceptors (Lipinski definition) is 6. The van der Waals surface area contributed by atoms with E-state index in [0.717, 1.165) is 6.07 Å². The first-order valence-corrected chi connectivity index (χ1v) is 5.60. The van der Waals surface area contributed by atoms with E-state index in [1.165, 1.54) is 12.1 Å². The van der Waals surface area contributed by atoms with Gasteiger partial charge in [-0.05, 0) is 12.1 Å². The minimum absolute atomic E-state index is 0.0173. The van der Waals surface area contributed by atoms with E-state index in [1.807, 2.05) is 0 Å². The summed E-state index contributed by atoms with van der Waals surface area (Å²) in [5.41, 5.74) is 10.0. The van der Waals surface area contributed by atoms with Crippen LogP contribution in [0, 0.1) is 10.1 Å². The van der Waals surface area contributed by atoms with Crippen molar-refractivity contribution >= 4 is 23.2 Å². The van der Waals surface area contributed by atoms with Crippen molar-refractivity contribution in [2.24, 2.45) is 5.73 Å². The highest BCUT2D eigenvalue weighted by Crippen LogP contribution is 2.22. The first-order valence-electron chi connectivity index (χ1n) is 5.60. The number of rotatable bonds is 7. The Kier molecular flexibility index (Phi) is 5.42. The van der Waals surface area contributed by atoms with Crippen LogP contribution in [0.25, 0.3) is 0 Å². The number of nitrogens with zero attached hydrogens (tertiary/aromatic N) is 1. The number of benzene rings is 1. The van der Waals surface area contributed by atoms with Gasteiger partial charge in [-0.2, -0.15) is 0 Å². The summed E-state index contributed by atoms with van der Waals surface area (Å²) in [5, 5.41) is 13.2. The Morgan fingerprint density at radius 1 is 1.40 bits per heavy atom. The summed E-state index contributed by atoms with van der Waals surface area (Å²) < 4.78 is 4.84. The van der Waals surface area contributed by atoms with Crippen LogP contribution in [0.4, 0.5) is 11.4 Å². The fourth-order valence-corrected chi connectivity index (χ4v) is 1.35. The standard InChI is InChI=1S/C11H14N4O5/c12-8-2-1-7(5-9(8)15(18)19)11(17)14-3-4-20-6-10(13)16/h1-2,5H,3-4,6,12H2,(H2,13,16)(H,14,17). The first-order chi connectivity index (χ1) is 9.41. The molecule has 0 saturated carbocycles. The van der Waals surface area contributed by atoms with E-state index in [2.05, 4.69) is 5.32 Å². The number of nitro groups is 1. The lowest BCUT2D eigenvalue weighted by molar-refractivity contribution is -0.383. The van der Waals surface area contributed by atoms with Crippen molar-refractivity contribution in [3.8, 4) is 0 Å². The number of primary amides is 1. The van der Waals surface area contributed by atoms with Gasteiger partial charge < -0.3 is 21.5 Å². The van der Waals surface area contributed by atoms with Gasteiger partial charge in [-0.15, -0.1) is 0 Å². The van der Waals surface area contributed by atoms with E-state index in [1.54, 1.807) is 0 Å². The van der Waals surface area contributed by atoms with E-state index in [9.17, 15) is 19.7 Å². The molecule has 0 heterocycles. The predicted octanol–water partition coefficient (Wildman–Crippen LogP) is -0.591. The normalized spacial score (nSPS) is 10.0. The molecule has 0 radical (unpaired) electrons. The summed E-state index contributed by atoms with van der Waals surface area (Å²) in [4.78, 5) is 32.1. The number of nitrogens with two attached hydrogens (primary N) is 2. The van der Waals surface area contributed by atoms with Crippen molar-refractivity contribution in [3.63, 3.8) is 0 Å². The SMILES string of the molecule is NC(=O)COCCNC(=O)c1ccc(N)c([N+](=O)[O-])c1. The minimum atomic E-state index is -0.665. The van der Waals surface area contributed by atoms with E-state index >= 15 is 0 Å². The topological polar surface area (TPSA) is 151 Å². The van der Waals surface area contributed by atoms with Crippen molar-refractivity contribution in [2.45, 2.75) is 0 Å². The second-order valence-corrected chi connectivity index (χ2v) is 3.81. The van der Waals surface area contributed by atoms with Crippen molar-refractivity contribution in [1.82, 2.24) is 5.32 Å². The molecule has 0 atom stereocenters.